The maximum atomic E-state index is 13.9. The van der Waals surface area contributed by atoms with Gasteiger partial charge < -0.3 is 24.8 Å². The largest absolute Gasteiger partial charge is 0.493 e. The summed E-state index contributed by atoms with van der Waals surface area (Å²) in [6.45, 7) is 7.67. The molecule has 1 saturated heterocycles. The zero-order valence-corrected chi connectivity index (χ0v) is 26.3. The normalized spacial score (nSPS) is 15.2. The average Bonchev–Trinajstić information content (AvgIpc) is 3.05. The highest BCUT2D eigenvalue weighted by Crippen LogP contribution is 2.43. The Labute approximate surface area is 268 Å². The lowest BCUT2D eigenvalue weighted by atomic mass is 9.82. The Morgan fingerprint density at radius 1 is 0.913 bits per heavy atom. The second kappa shape index (κ2) is 12.7. The van der Waals surface area contributed by atoms with Crippen LogP contribution in [0.4, 0.5) is 0 Å². The molecule has 9 nitrogen and oxygen atoms in total. The minimum absolute atomic E-state index is 0.00820. The van der Waals surface area contributed by atoms with E-state index < -0.39 is 11.5 Å². The number of ketones is 1. The van der Waals surface area contributed by atoms with Crippen molar-refractivity contribution >= 4 is 17.6 Å². The molecule has 3 heterocycles. The number of pyridine rings is 1. The molecule has 236 valence electrons. The van der Waals surface area contributed by atoms with Crippen molar-refractivity contribution in [2.75, 3.05) is 26.3 Å². The molecule has 2 aliphatic heterocycles. The van der Waals surface area contributed by atoms with Crippen molar-refractivity contribution in [3.05, 3.63) is 95.2 Å². The number of hydrogen-bond acceptors (Lipinski definition) is 7. The predicted octanol–water partition coefficient (Wildman–Crippen LogP) is 6.26. The van der Waals surface area contributed by atoms with Crippen molar-refractivity contribution in [1.82, 2.24) is 9.88 Å². The van der Waals surface area contributed by atoms with Gasteiger partial charge in [-0.25, -0.2) is 0 Å². The molecule has 0 saturated carbocycles. The van der Waals surface area contributed by atoms with Gasteiger partial charge in [-0.15, -0.1) is 0 Å². The number of hydrogen-bond donors (Lipinski definition) is 1. The van der Waals surface area contributed by atoms with Crippen LogP contribution in [0.3, 0.4) is 0 Å². The molecule has 2 amide bonds. The highest BCUT2D eigenvalue weighted by Gasteiger charge is 2.44. The molecule has 0 atom stereocenters. The van der Waals surface area contributed by atoms with Gasteiger partial charge >= 0.3 is 0 Å². The lowest BCUT2D eigenvalue weighted by Gasteiger charge is -2.44. The monoisotopic (exact) mass is 619 g/mol. The van der Waals surface area contributed by atoms with Crippen molar-refractivity contribution in [3.8, 4) is 39.6 Å². The fourth-order valence-electron chi connectivity index (χ4n) is 6.31. The number of aromatic nitrogens is 1. The zero-order chi connectivity index (χ0) is 32.4. The van der Waals surface area contributed by atoms with Crippen molar-refractivity contribution in [2.24, 2.45) is 5.73 Å². The van der Waals surface area contributed by atoms with Crippen LogP contribution in [-0.2, 0) is 0 Å². The van der Waals surface area contributed by atoms with Gasteiger partial charge in [0.15, 0.2) is 5.78 Å². The van der Waals surface area contributed by atoms with Crippen molar-refractivity contribution < 1.29 is 28.6 Å². The summed E-state index contributed by atoms with van der Waals surface area (Å²) in [6.07, 6.45) is 2.71. The van der Waals surface area contributed by atoms with Crippen molar-refractivity contribution in [2.45, 2.75) is 45.6 Å². The molecular formula is C37H37N3O6. The fraction of sp³-hybridized carbons (Fsp3) is 0.297. The molecule has 0 bridgehead atoms. The van der Waals surface area contributed by atoms with E-state index in [-0.39, 0.29) is 18.1 Å². The number of piperidine rings is 1. The first-order chi connectivity index (χ1) is 22.2. The Morgan fingerprint density at radius 2 is 1.61 bits per heavy atom. The van der Waals surface area contributed by atoms with Crippen LogP contribution in [0.15, 0.2) is 72.9 Å². The van der Waals surface area contributed by atoms with Gasteiger partial charge in [-0.1, -0.05) is 24.3 Å². The van der Waals surface area contributed by atoms with E-state index in [4.69, 9.17) is 19.9 Å². The third-order valence-electron chi connectivity index (χ3n) is 8.72. The number of nitrogens with two attached hydrogens (primary N) is 1. The second-order valence-electron chi connectivity index (χ2n) is 11.7. The SMILES string of the molecule is CCOc1cc(C(=O)N2CCC3(CC2)CC(=O)c2cc(-c4ccc(C(N)=O)cn4)ccc2O3)cc(OCC)c1-c1ccccc1C. The predicted molar refractivity (Wildman–Crippen MR) is 175 cm³/mol. The molecule has 0 radical (unpaired) electrons. The van der Waals surface area contributed by atoms with Gasteiger partial charge in [0, 0.05) is 43.3 Å². The zero-order valence-electron chi connectivity index (χ0n) is 26.3. The number of carbonyl (C=O) groups excluding carboxylic acids is 3. The third kappa shape index (κ3) is 5.92. The summed E-state index contributed by atoms with van der Waals surface area (Å²) in [5.74, 6) is 1.07. The van der Waals surface area contributed by atoms with E-state index in [0.29, 0.717) is 78.8 Å². The van der Waals surface area contributed by atoms with Gasteiger partial charge in [0.2, 0.25) is 5.91 Å². The average molecular weight is 620 g/mol. The first kappa shape index (κ1) is 30.8. The van der Waals surface area contributed by atoms with E-state index in [1.807, 2.05) is 68.1 Å². The molecular weight excluding hydrogens is 582 g/mol. The van der Waals surface area contributed by atoms with E-state index in [0.717, 1.165) is 22.3 Å². The van der Waals surface area contributed by atoms with E-state index in [9.17, 15) is 14.4 Å². The minimum Gasteiger partial charge on any atom is -0.493 e. The van der Waals surface area contributed by atoms with Gasteiger partial charge in [-0.3, -0.25) is 19.4 Å². The van der Waals surface area contributed by atoms with E-state index in [1.54, 1.807) is 24.3 Å². The number of fused-ring (bicyclic) bond motifs is 1. The summed E-state index contributed by atoms with van der Waals surface area (Å²) >= 11 is 0. The Balaban J connectivity index is 1.20. The lowest BCUT2D eigenvalue weighted by Crippen LogP contribution is -2.52. The van der Waals surface area contributed by atoms with Crippen molar-refractivity contribution in [3.63, 3.8) is 0 Å². The number of likely N-dealkylation sites (tertiary alicyclic amines) is 1. The molecule has 0 aliphatic carbocycles. The number of ether oxygens (including phenoxy) is 3. The van der Waals surface area contributed by atoms with Gasteiger partial charge in [0.1, 0.15) is 22.8 Å². The van der Waals surface area contributed by atoms with Gasteiger partial charge in [0.25, 0.3) is 5.91 Å². The number of aryl methyl sites for hydroxylation is 1. The standard InChI is InChI=1S/C37H37N3O6/c1-4-44-32-19-26(20-33(45-5-2)34(32)27-9-7-6-8-23(27)3)36(43)40-16-14-37(15-17-40)21-30(41)28-18-24(11-13-31(28)46-37)29-12-10-25(22-39-29)35(38)42/h6-13,18-20,22H,4-5,14-17,21H2,1-3H3,(H2,38,42). The molecule has 46 heavy (non-hydrogen) atoms. The number of Topliss-reactive ketones (excluding diaryl/α,β-unsaturated/α-hetero) is 1. The van der Waals surface area contributed by atoms with Crippen molar-refractivity contribution in [1.29, 1.82) is 0 Å². The van der Waals surface area contributed by atoms with Gasteiger partial charge in [0.05, 0.1) is 42.0 Å². The number of nitrogens with zero attached hydrogens (tertiary/aromatic N) is 2. The molecule has 3 aromatic carbocycles. The second-order valence-corrected chi connectivity index (χ2v) is 11.7. The van der Waals surface area contributed by atoms with Crippen LogP contribution < -0.4 is 19.9 Å². The number of carbonyl (C=O) groups is 3. The quantitative estimate of drug-likeness (QED) is 0.247. The smallest absolute Gasteiger partial charge is 0.254 e. The summed E-state index contributed by atoms with van der Waals surface area (Å²) in [5.41, 5.74) is 10.3. The van der Waals surface area contributed by atoms with Crippen LogP contribution in [0.2, 0.25) is 0 Å². The molecule has 2 aliphatic rings. The van der Waals surface area contributed by atoms with Crippen LogP contribution in [0.25, 0.3) is 22.4 Å². The Bertz CT molecular complexity index is 1780. The minimum atomic E-state index is -0.675. The fourth-order valence-corrected chi connectivity index (χ4v) is 6.31. The molecule has 1 fully saturated rings. The summed E-state index contributed by atoms with van der Waals surface area (Å²) in [7, 11) is 0. The highest BCUT2D eigenvalue weighted by atomic mass is 16.5. The van der Waals surface area contributed by atoms with E-state index in [1.165, 1.54) is 6.20 Å². The molecule has 0 unspecified atom stereocenters. The lowest BCUT2D eigenvalue weighted by molar-refractivity contribution is -0.00572. The third-order valence-corrected chi connectivity index (χ3v) is 8.72. The molecule has 4 aromatic rings. The molecule has 2 N–H and O–H groups in total. The maximum absolute atomic E-state index is 13.9. The van der Waals surface area contributed by atoms with Gasteiger partial charge in [-0.05, 0) is 74.4 Å². The van der Waals surface area contributed by atoms with Crippen LogP contribution in [0.5, 0.6) is 17.2 Å². The Hall–Kier alpha value is -5.18. The van der Waals surface area contributed by atoms with Crippen LogP contribution in [0.1, 0.15) is 69.7 Å². The topological polar surface area (TPSA) is 121 Å². The molecule has 1 spiro atoms. The van der Waals surface area contributed by atoms with E-state index >= 15 is 0 Å². The van der Waals surface area contributed by atoms with Crippen LogP contribution >= 0.6 is 0 Å². The molecule has 9 heteroatoms. The Kier molecular flexibility index (Phi) is 8.49. The number of primary amides is 1. The summed E-state index contributed by atoms with van der Waals surface area (Å²) < 4.78 is 18.6. The molecule has 1 aromatic heterocycles. The number of rotatable bonds is 8. The summed E-state index contributed by atoms with van der Waals surface area (Å²) in [5, 5.41) is 0. The van der Waals surface area contributed by atoms with Gasteiger partial charge in [-0.2, -0.15) is 0 Å². The van der Waals surface area contributed by atoms with E-state index in [2.05, 4.69) is 4.98 Å². The first-order valence-corrected chi connectivity index (χ1v) is 15.6. The van der Waals surface area contributed by atoms with Crippen LogP contribution in [-0.4, -0.2) is 59.4 Å². The summed E-state index contributed by atoms with van der Waals surface area (Å²) in [6, 6.07) is 20.4. The van der Waals surface area contributed by atoms with Crippen LogP contribution in [0, 0.1) is 6.92 Å². The highest BCUT2D eigenvalue weighted by molar-refractivity contribution is 6.02. The first-order valence-electron chi connectivity index (χ1n) is 15.6. The molecule has 6 rings (SSSR count). The maximum Gasteiger partial charge on any atom is 0.254 e. The summed E-state index contributed by atoms with van der Waals surface area (Å²) in [4.78, 5) is 44.8. The number of amides is 2. The Morgan fingerprint density at radius 3 is 2.22 bits per heavy atom. The number of benzene rings is 3.